The first kappa shape index (κ1) is 14.4. The minimum atomic E-state index is -0.920. The Hall–Kier alpha value is -2.01. The number of carboxylic acid groups (broad SMARTS) is 1. The minimum absolute atomic E-state index is 0.0636. The number of carbonyl (C=O) groups excluding carboxylic acids is 1. The molecule has 0 fully saturated rings. The number of H-pyrrole nitrogens is 1. The van der Waals surface area contributed by atoms with Gasteiger partial charge in [-0.1, -0.05) is 11.6 Å². The summed E-state index contributed by atoms with van der Waals surface area (Å²) in [6, 6.07) is 5.17. The Labute approximate surface area is 120 Å². The summed E-state index contributed by atoms with van der Waals surface area (Å²) in [5.74, 6) is -1.41. The Balaban J connectivity index is 2.51. The number of carbonyl (C=O) groups is 2. The number of carboxylic acids is 1. The third-order valence-electron chi connectivity index (χ3n) is 2.94. The van der Waals surface area contributed by atoms with Gasteiger partial charge in [-0.3, -0.25) is 4.79 Å². The molecular weight excluding hydrogens is 282 g/mol. The largest absolute Gasteiger partial charge is 0.481 e. The fourth-order valence-corrected chi connectivity index (χ4v) is 2.26. The molecule has 0 aliphatic carbocycles. The van der Waals surface area contributed by atoms with Gasteiger partial charge in [-0.05, 0) is 37.1 Å². The molecule has 2 aromatic rings. The van der Waals surface area contributed by atoms with E-state index in [-0.39, 0.29) is 19.4 Å². The molecule has 0 spiro atoms. The van der Waals surface area contributed by atoms with Crippen LogP contribution < -0.4 is 0 Å². The van der Waals surface area contributed by atoms with Gasteiger partial charge in [-0.25, -0.2) is 4.79 Å². The molecule has 20 heavy (non-hydrogen) atoms. The topological polar surface area (TPSA) is 79.4 Å². The number of benzene rings is 1. The molecule has 0 aliphatic rings. The third kappa shape index (κ3) is 2.93. The van der Waals surface area contributed by atoms with Gasteiger partial charge >= 0.3 is 11.9 Å². The predicted molar refractivity (Wildman–Crippen MR) is 75.2 cm³/mol. The Kier molecular flexibility index (Phi) is 4.29. The average molecular weight is 296 g/mol. The van der Waals surface area contributed by atoms with E-state index >= 15 is 0 Å². The lowest BCUT2D eigenvalue weighted by molar-refractivity contribution is -0.136. The molecule has 0 atom stereocenters. The molecule has 0 saturated carbocycles. The van der Waals surface area contributed by atoms with Crippen LogP contribution in [0.1, 0.15) is 29.4 Å². The van der Waals surface area contributed by atoms with Crippen LogP contribution in [0.3, 0.4) is 0 Å². The summed E-state index contributed by atoms with van der Waals surface area (Å²) in [5, 5.41) is 10.1. The highest BCUT2D eigenvalue weighted by atomic mass is 35.5. The second-order valence-electron chi connectivity index (χ2n) is 4.28. The minimum Gasteiger partial charge on any atom is -0.481 e. The zero-order valence-electron chi connectivity index (χ0n) is 10.9. The fraction of sp³-hybridized carbons (Fsp3) is 0.286. The molecular formula is C14H14ClNO4. The van der Waals surface area contributed by atoms with Crippen LogP contribution in [0.15, 0.2) is 18.2 Å². The molecule has 1 aromatic heterocycles. The highest BCUT2D eigenvalue weighted by Crippen LogP contribution is 2.27. The number of aliphatic carboxylic acids is 1. The average Bonchev–Trinajstić information content (AvgIpc) is 2.74. The summed E-state index contributed by atoms with van der Waals surface area (Å²) >= 11 is 5.96. The van der Waals surface area contributed by atoms with Gasteiger partial charge in [0.2, 0.25) is 0 Å². The first-order valence-electron chi connectivity index (χ1n) is 6.22. The van der Waals surface area contributed by atoms with Crippen molar-refractivity contribution in [3.05, 3.63) is 34.5 Å². The number of hydrogen-bond donors (Lipinski definition) is 2. The van der Waals surface area contributed by atoms with E-state index in [0.29, 0.717) is 16.3 Å². The van der Waals surface area contributed by atoms with Gasteiger partial charge in [-0.2, -0.15) is 0 Å². The maximum atomic E-state index is 11.9. The Morgan fingerprint density at radius 3 is 2.80 bits per heavy atom. The van der Waals surface area contributed by atoms with Crippen LogP contribution in [0, 0.1) is 0 Å². The number of rotatable bonds is 5. The maximum absolute atomic E-state index is 11.9. The van der Waals surface area contributed by atoms with E-state index in [0.717, 1.165) is 10.9 Å². The summed E-state index contributed by atoms with van der Waals surface area (Å²) in [6.45, 7) is 1.97. The van der Waals surface area contributed by atoms with Crippen molar-refractivity contribution in [2.24, 2.45) is 0 Å². The van der Waals surface area contributed by atoms with Crippen molar-refractivity contribution in [2.45, 2.75) is 19.8 Å². The monoisotopic (exact) mass is 295 g/mol. The van der Waals surface area contributed by atoms with Crippen LogP contribution in [0.2, 0.25) is 5.02 Å². The van der Waals surface area contributed by atoms with E-state index in [4.69, 9.17) is 21.4 Å². The van der Waals surface area contributed by atoms with E-state index in [1.54, 1.807) is 25.1 Å². The second kappa shape index (κ2) is 5.96. The van der Waals surface area contributed by atoms with E-state index in [1.807, 2.05) is 0 Å². The standard InChI is InChI=1S/C14H14ClNO4/c1-2-20-14(19)13-9(4-6-12(17)18)10-7-8(15)3-5-11(10)16-13/h3,5,7,16H,2,4,6H2,1H3,(H,17,18). The Bertz CT molecular complexity index is 662. The molecule has 6 heteroatoms. The molecule has 2 rings (SSSR count). The Morgan fingerprint density at radius 1 is 1.40 bits per heavy atom. The quantitative estimate of drug-likeness (QED) is 0.831. The smallest absolute Gasteiger partial charge is 0.355 e. The van der Waals surface area contributed by atoms with Gasteiger partial charge < -0.3 is 14.8 Å². The molecule has 1 heterocycles. The number of hydrogen-bond acceptors (Lipinski definition) is 3. The van der Waals surface area contributed by atoms with Crippen LogP contribution in [-0.2, 0) is 16.0 Å². The van der Waals surface area contributed by atoms with Gasteiger partial charge in [0, 0.05) is 22.3 Å². The lowest BCUT2D eigenvalue weighted by atomic mass is 10.1. The molecule has 106 valence electrons. The van der Waals surface area contributed by atoms with Crippen LogP contribution >= 0.6 is 11.6 Å². The highest BCUT2D eigenvalue weighted by molar-refractivity contribution is 6.31. The zero-order valence-corrected chi connectivity index (χ0v) is 11.7. The van der Waals surface area contributed by atoms with Crippen LogP contribution in [0.5, 0.6) is 0 Å². The summed E-state index contributed by atoms with van der Waals surface area (Å²) in [5.41, 5.74) is 1.66. The summed E-state index contributed by atoms with van der Waals surface area (Å²) < 4.78 is 4.98. The van der Waals surface area contributed by atoms with Crippen LogP contribution in [0.4, 0.5) is 0 Å². The number of esters is 1. The SMILES string of the molecule is CCOC(=O)c1[nH]c2ccc(Cl)cc2c1CCC(=O)O. The van der Waals surface area contributed by atoms with Crippen molar-refractivity contribution in [1.29, 1.82) is 0 Å². The molecule has 0 bridgehead atoms. The Morgan fingerprint density at radius 2 is 2.15 bits per heavy atom. The summed E-state index contributed by atoms with van der Waals surface area (Å²) in [6.07, 6.45) is 0.176. The zero-order chi connectivity index (χ0) is 14.7. The number of ether oxygens (including phenoxy) is 1. The molecule has 0 unspecified atom stereocenters. The molecule has 1 aromatic carbocycles. The fourth-order valence-electron chi connectivity index (χ4n) is 2.09. The normalized spacial score (nSPS) is 10.7. The number of aromatic nitrogens is 1. The maximum Gasteiger partial charge on any atom is 0.355 e. The lowest BCUT2D eigenvalue weighted by Crippen LogP contribution is -2.09. The molecule has 5 nitrogen and oxygen atoms in total. The van der Waals surface area contributed by atoms with E-state index in [9.17, 15) is 9.59 Å². The molecule has 0 aliphatic heterocycles. The number of fused-ring (bicyclic) bond motifs is 1. The van der Waals surface area contributed by atoms with Gasteiger partial charge in [0.15, 0.2) is 0 Å². The number of aryl methyl sites for hydroxylation is 1. The van der Waals surface area contributed by atoms with Crippen molar-refractivity contribution in [3.63, 3.8) is 0 Å². The van der Waals surface area contributed by atoms with Crippen molar-refractivity contribution < 1.29 is 19.4 Å². The summed E-state index contributed by atoms with van der Waals surface area (Å²) in [4.78, 5) is 25.7. The molecule has 0 radical (unpaired) electrons. The van der Waals surface area contributed by atoms with Crippen molar-refractivity contribution in [1.82, 2.24) is 4.98 Å². The van der Waals surface area contributed by atoms with Crippen LogP contribution in [0.25, 0.3) is 10.9 Å². The number of nitrogens with one attached hydrogen (secondary N) is 1. The van der Waals surface area contributed by atoms with Gasteiger partial charge in [0.1, 0.15) is 5.69 Å². The van der Waals surface area contributed by atoms with Gasteiger partial charge in [0.05, 0.1) is 6.61 Å². The van der Waals surface area contributed by atoms with Crippen molar-refractivity contribution in [2.75, 3.05) is 6.61 Å². The molecule has 0 amide bonds. The molecule has 2 N–H and O–H groups in total. The third-order valence-corrected chi connectivity index (χ3v) is 3.17. The lowest BCUT2D eigenvalue weighted by Gasteiger charge is -2.03. The van der Waals surface area contributed by atoms with Crippen molar-refractivity contribution >= 4 is 34.4 Å². The van der Waals surface area contributed by atoms with E-state index < -0.39 is 11.9 Å². The predicted octanol–water partition coefficient (Wildman–Crippen LogP) is 3.02. The first-order valence-corrected chi connectivity index (χ1v) is 6.59. The molecule has 0 saturated heterocycles. The second-order valence-corrected chi connectivity index (χ2v) is 4.72. The van der Waals surface area contributed by atoms with E-state index in [2.05, 4.69) is 4.98 Å². The van der Waals surface area contributed by atoms with E-state index in [1.165, 1.54) is 0 Å². The first-order chi connectivity index (χ1) is 9.52. The number of aromatic amines is 1. The number of halogens is 1. The van der Waals surface area contributed by atoms with Gasteiger partial charge in [-0.15, -0.1) is 0 Å². The summed E-state index contributed by atoms with van der Waals surface area (Å²) in [7, 11) is 0. The van der Waals surface area contributed by atoms with Gasteiger partial charge in [0.25, 0.3) is 0 Å². The van der Waals surface area contributed by atoms with Crippen molar-refractivity contribution in [3.8, 4) is 0 Å². The van der Waals surface area contributed by atoms with Crippen LogP contribution in [-0.4, -0.2) is 28.6 Å². The highest BCUT2D eigenvalue weighted by Gasteiger charge is 2.19.